The monoisotopic (exact) mass is 405 g/mol. The number of Topliss-reactive ketones (excluding diaryl/α,β-unsaturated/α-hetero) is 1. The molecule has 0 aliphatic rings. The summed E-state index contributed by atoms with van der Waals surface area (Å²) in [6.45, 7) is -0.432. The SMILES string of the molecule is O=C(C[C@H](C[N+](=O)[O-])c1ccc(Cl)cc1Cl)c1ccc(Cl)cc1Cl. The van der Waals surface area contributed by atoms with E-state index in [2.05, 4.69) is 0 Å². The maximum Gasteiger partial charge on any atom is 0.211 e. The zero-order valence-electron chi connectivity index (χ0n) is 12.1. The van der Waals surface area contributed by atoms with Crippen molar-refractivity contribution in [3.8, 4) is 0 Å². The number of benzene rings is 2. The lowest BCUT2D eigenvalue weighted by molar-refractivity contribution is -0.483. The molecule has 0 fully saturated rings. The van der Waals surface area contributed by atoms with E-state index < -0.39 is 17.4 Å². The molecular formula is C16H11Cl4NO3. The molecule has 0 aromatic heterocycles. The molecule has 0 radical (unpaired) electrons. The number of nitro groups is 1. The van der Waals surface area contributed by atoms with Crippen LogP contribution in [-0.4, -0.2) is 17.3 Å². The molecule has 1 atom stereocenters. The summed E-state index contributed by atoms with van der Waals surface area (Å²) >= 11 is 23.8. The van der Waals surface area contributed by atoms with Gasteiger partial charge in [0.2, 0.25) is 6.54 Å². The second kappa shape index (κ2) is 8.17. The van der Waals surface area contributed by atoms with Crippen LogP contribution in [0.2, 0.25) is 20.1 Å². The van der Waals surface area contributed by atoms with Crippen LogP contribution in [0.25, 0.3) is 0 Å². The van der Waals surface area contributed by atoms with Gasteiger partial charge in [-0.3, -0.25) is 14.9 Å². The molecule has 2 rings (SSSR count). The minimum Gasteiger partial charge on any atom is -0.294 e. The molecule has 4 nitrogen and oxygen atoms in total. The van der Waals surface area contributed by atoms with E-state index in [0.29, 0.717) is 15.6 Å². The van der Waals surface area contributed by atoms with E-state index in [1.54, 1.807) is 18.2 Å². The standard InChI is InChI=1S/C16H11Cl4NO3/c17-10-1-3-12(14(19)6-10)9(8-21(23)24)5-16(22)13-4-2-11(18)7-15(13)20/h1-4,6-7,9H,5,8H2/t9-/m1/s1. The van der Waals surface area contributed by atoms with Crippen LogP contribution in [0.4, 0.5) is 0 Å². The van der Waals surface area contributed by atoms with Crippen molar-refractivity contribution >= 4 is 52.2 Å². The molecule has 0 unspecified atom stereocenters. The number of hydrogen-bond acceptors (Lipinski definition) is 3. The minimum absolute atomic E-state index is 0.107. The molecule has 126 valence electrons. The highest BCUT2D eigenvalue weighted by molar-refractivity contribution is 6.37. The van der Waals surface area contributed by atoms with Gasteiger partial charge >= 0.3 is 0 Å². The molecule has 0 amide bonds. The average molecular weight is 407 g/mol. The fourth-order valence-electron chi connectivity index (χ4n) is 2.33. The molecule has 24 heavy (non-hydrogen) atoms. The summed E-state index contributed by atoms with van der Waals surface area (Å²) in [6.07, 6.45) is -0.107. The first-order valence-corrected chi connectivity index (χ1v) is 8.34. The van der Waals surface area contributed by atoms with Crippen molar-refractivity contribution in [3.63, 3.8) is 0 Å². The second-order valence-corrected chi connectivity index (χ2v) is 6.82. The lowest BCUT2D eigenvalue weighted by atomic mass is 9.91. The van der Waals surface area contributed by atoms with Gasteiger partial charge in [0.25, 0.3) is 0 Å². The highest BCUT2D eigenvalue weighted by Crippen LogP contribution is 2.32. The van der Waals surface area contributed by atoms with E-state index in [0.717, 1.165) is 0 Å². The molecule has 0 aliphatic carbocycles. The first-order valence-electron chi connectivity index (χ1n) is 6.83. The molecule has 0 saturated heterocycles. The zero-order valence-corrected chi connectivity index (χ0v) is 15.2. The average Bonchev–Trinajstić information content (AvgIpc) is 2.45. The molecule has 0 aliphatic heterocycles. The van der Waals surface area contributed by atoms with Gasteiger partial charge in [0.1, 0.15) is 0 Å². The number of halogens is 4. The molecule has 0 bridgehead atoms. The van der Waals surface area contributed by atoms with Crippen LogP contribution in [0.5, 0.6) is 0 Å². The molecule has 2 aromatic rings. The first kappa shape index (κ1) is 19.0. The van der Waals surface area contributed by atoms with Crippen molar-refractivity contribution in [2.45, 2.75) is 12.3 Å². The Bertz CT molecular complexity index is 795. The van der Waals surface area contributed by atoms with Gasteiger partial charge in [0.05, 0.1) is 10.9 Å². The Kier molecular flexibility index (Phi) is 6.47. The van der Waals surface area contributed by atoms with E-state index in [1.165, 1.54) is 18.2 Å². The summed E-state index contributed by atoms with van der Waals surface area (Å²) in [7, 11) is 0. The smallest absolute Gasteiger partial charge is 0.211 e. The Morgan fingerprint density at radius 1 is 1.00 bits per heavy atom. The van der Waals surface area contributed by atoms with Crippen LogP contribution in [0.1, 0.15) is 28.3 Å². The number of ketones is 1. The number of nitrogens with zero attached hydrogens (tertiary/aromatic N) is 1. The van der Waals surface area contributed by atoms with Gasteiger partial charge in [-0.2, -0.15) is 0 Å². The van der Waals surface area contributed by atoms with Crippen molar-refractivity contribution in [2.75, 3.05) is 6.54 Å². The van der Waals surface area contributed by atoms with Gasteiger partial charge in [0.15, 0.2) is 5.78 Å². The van der Waals surface area contributed by atoms with E-state index in [-0.39, 0.29) is 27.8 Å². The van der Waals surface area contributed by atoms with Crippen LogP contribution >= 0.6 is 46.4 Å². The highest BCUT2D eigenvalue weighted by Gasteiger charge is 2.25. The number of carbonyl (C=O) groups is 1. The van der Waals surface area contributed by atoms with Crippen LogP contribution in [0.15, 0.2) is 36.4 Å². The van der Waals surface area contributed by atoms with Crippen LogP contribution in [-0.2, 0) is 0 Å². The van der Waals surface area contributed by atoms with Gasteiger partial charge < -0.3 is 0 Å². The van der Waals surface area contributed by atoms with Gasteiger partial charge in [-0.1, -0.05) is 52.5 Å². The normalized spacial score (nSPS) is 12.0. The topological polar surface area (TPSA) is 60.2 Å². The maximum absolute atomic E-state index is 12.5. The third kappa shape index (κ3) is 4.84. The Balaban J connectivity index is 2.31. The highest BCUT2D eigenvalue weighted by atomic mass is 35.5. The van der Waals surface area contributed by atoms with Crippen molar-refractivity contribution in [2.24, 2.45) is 0 Å². The summed E-state index contributed by atoms with van der Waals surface area (Å²) in [4.78, 5) is 23.0. The third-order valence-electron chi connectivity index (χ3n) is 3.44. The molecule has 2 aromatic carbocycles. The lowest BCUT2D eigenvalue weighted by Gasteiger charge is -2.15. The fraction of sp³-hybridized carbons (Fsp3) is 0.188. The predicted octanol–water partition coefficient (Wildman–Crippen LogP) is 5.93. The summed E-state index contributed by atoms with van der Waals surface area (Å²) < 4.78 is 0. The van der Waals surface area contributed by atoms with Crippen molar-refractivity contribution in [3.05, 3.63) is 77.7 Å². The molecule has 0 heterocycles. The predicted molar refractivity (Wildman–Crippen MR) is 96.5 cm³/mol. The Morgan fingerprint density at radius 3 is 2.12 bits per heavy atom. The lowest BCUT2D eigenvalue weighted by Crippen LogP contribution is -2.17. The Hall–Kier alpha value is -1.33. The minimum atomic E-state index is -0.691. The van der Waals surface area contributed by atoms with Crippen LogP contribution in [0.3, 0.4) is 0 Å². The van der Waals surface area contributed by atoms with Crippen LogP contribution in [0, 0.1) is 10.1 Å². The van der Waals surface area contributed by atoms with E-state index in [9.17, 15) is 14.9 Å². The summed E-state index contributed by atoms with van der Waals surface area (Å²) in [5.41, 5.74) is 0.760. The summed E-state index contributed by atoms with van der Waals surface area (Å²) in [5, 5.41) is 12.3. The zero-order chi connectivity index (χ0) is 17.9. The van der Waals surface area contributed by atoms with E-state index >= 15 is 0 Å². The number of carbonyl (C=O) groups excluding carboxylic acids is 1. The van der Waals surface area contributed by atoms with E-state index in [1.807, 2.05) is 0 Å². The Morgan fingerprint density at radius 2 is 1.58 bits per heavy atom. The van der Waals surface area contributed by atoms with Gasteiger partial charge in [-0.05, 0) is 35.9 Å². The van der Waals surface area contributed by atoms with Gasteiger partial charge in [0, 0.05) is 32.0 Å². The second-order valence-electron chi connectivity index (χ2n) is 5.13. The number of rotatable bonds is 6. The Labute approximate surface area is 158 Å². The van der Waals surface area contributed by atoms with Crippen molar-refractivity contribution < 1.29 is 9.72 Å². The summed E-state index contributed by atoms with van der Waals surface area (Å²) in [6, 6.07) is 9.16. The van der Waals surface area contributed by atoms with Crippen LogP contribution < -0.4 is 0 Å². The maximum atomic E-state index is 12.5. The largest absolute Gasteiger partial charge is 0.294 e. The number of hydrogen-bond donors (Lipinski definition) is 0. The van der Waals surface area contributed by atoms with E-state index in [4.69, 9.17) is 46.4 Å². The third-order valence-corrected chi connectivity index (χ3v) is 4.55. The van der Waals surface area contributed by atoms with Crippen molar-refractivity contribution in [1.29, 1.82) is 0 Å². The molecule has 0 N–H and O–H groups in total. The molecular weight excluding hydrogens is 396 g/mol. The van der Waals surface area contributed by atoms with Gasteiger partial charge in [-0.15, -0.1) is 0 Å². The quantitative estimate of drug-likeness (QED) is 0.339. The molecule has 0 spiro atoms. The summed E-state index contributed by atoms with van der Waals surface area (Å²) in [5.74, 6) is -1.02. The molecule has 0 saturated carbocycles. The van der Waals surface area contributed by atoms with Crippen molar-refractivity contribution in [1.82, 2.24) is 0 Å². The fourth-order valence-corrected chi connectivity index (χ4v) is 3.41. The van der Waals surface area contributed by atoms with Gasteiger partial charge in [-0.25, -0.2) is 0 Å². The molecule has 8 heteroatoms. The first-order chi connectivity index (χ1) is 11.3.